The molecule has 5 N–H and O–H groups in total. The number of phenols is 2. The Morgan fingerprint density at radius 3 is 1.60 bits per heavy atom. The number of aromatic amines is 3. The minimum absolute atomic E-state index is 0.176. The lowest BCUT2D eigenvalue weighted by Crippen LogP contribution is -2.06. The number of hydrogen-bond acceptors (Lipinski definition) is 3. The number of nitrogens with one attached hydrogen (secondary N) is 3. The fourth-order valence-electron chi connectivity index (χ4n) is 8.66. The zero-order valence-corrected chi connectivity index (χ0v) is 30.1. The molecule has 0 amide bonds. The first-order chi connectivity index (χ1) is 27.1. The highest BCUT2D eigenvalue weighted by Crippen LogP contribution is 2.45. The highest BCUT2D eigenvalue weighted by molar-refractivity contribution is 5.91. The van der Waals surface area contributed by atoms with E-state index in [1.807, 2.05) is 42.5 Å². The third-order valence-corrected chi connectivity index (χ3v) is 11.2. The molecule has 4 aromatic heterocycles. The van der Waals surface area contributed by atoms with Crippen LogP contribution < -0.4 is 4.74 Å². The summed E-state index contributed by atoms with van der Waals surface area (Å²) < 4.78 is 7.76. The predicted octanol–water partition coefficient (Wildman–Crippen LogP) is 10.9. The molecule has 7 nitrogen and oxygen atoms in total. The second-order valence-corrected chi connectivity index (χ2v) is 14.3. The molecule has 0 saturated heterocycles. The van der Waals surface area contributed by atoms with Crippen LogP contribution in [0.4, 0.5) is 0 Å². The molecule has 6 aromatic carbocycles. The van der Waals surface area contributed by atoms with Gasteiger partial charge in [0.15, 0.2) is 0 Å². The lowest BCUT2D eigenvalue weighted by Gasteiger charge is -2.20. The number of fused-ring (bicyclic) bond motifs is 4. The van der Waals surface area contributed by atoms with Crippen LogP contribution in [0.1, 0.15) is 50.8 Å². The van der Waals surface area contributed by atoms with Crippen LogP contribution in [0.25, 0.3) is 43.6 Å². The molecular formula is C48H38N4O3. The Hall–Kier alpha value is -7.12. The summed E-state index contributed by atoms with van der Waals surface area (Å²) in [4.78, 5) is 10.4. The lowest BCUT2D eigenvalue weighted by atomic mass is 9.83. The predicted molar refractivity (Wildman–Crippen MR) is 221 cm³/mol. The molecule has 0 aliphatic heterocycles. The first-order valence-electron chi connectivity index (χ1n) is 18.5. The number of aromatic nitrogens is 4. The fourth-order valence-corrected chi connectivity index (χ4v) is 8.66. The van der Waals surface area contributed by atoms with E-state index in [9.17, 15) is 10.2 Å². The average Bonchev–Trinajstić information content (AvgIpc) is 4.03. The number of hydrogen-bond donors (Lipinski definition) is 5. The topological polar surface area (TPSA) is 102 Å². The van der Waals surface area contributed by atoms with Gasteiger partial charge in [0.25, 0.3) is 0 Å². The molecule has 10 aromatic rings. The van der Waals surface area contributed by atoms with Gasteiger partial charge in [-0.3, -0.25) is 0 Å². The standard InChI is InChI=1S/C48H38N4O3/c1-55-30-19-20-35(46(54)23-30)47(37-24-49-41-14-6-2-10-31(37)41)40-28-52(44-17-9-5-13-34(40)44)27-29-18-21-45(53)36(22-29)48(38-25-50-42-15-7-3-11-32(38)42)39-26-51-43-16-8-4-12-33(39)43/h2-26,28,47-51,53-54H,27H2,1H3. The second-order valence-electron chi connectivity index (χ2n) is 14.3. The van der Waals surface area contributed by atoms with Gasteiger partial charge in [0.2, 0.25) is 0 Å². The van der Waals surface area contributed by atoms with Gasteiger partial charge in [-0.15, -0.1) is 0 Å². The monoisotopic (exact) mass is 718 g/mol. The van der Waals surface area contributed by atoms with Gasteiger partial charge in [-0.25, -0.2) is 0 Å². The van der Waals surface area contributed by atoms with Crippen molar-refractivity contribution in [3.8, 4) is 17.2 Å². The Morgan fingerprint density at radius 1 is 0.509 bits per heavy atom. The number of para-hydroxylation sites is 4. The van der Waals surface area contributed by atoms with Gasteiger partial charge in [0.05, 0.1) is 7.11 Å². The molecule has 10 rings (SSSR count). The summed E-state index contributed by atoms with van der Waals surface area (Å²) in [7, 11) is 1.61. The maximum absolute atomic E-state index is 11.7. The molecule has 1 unspecified atom stereocenters. The molecule has 0 aliphatic rings. The number of methoxy groups -OCH3 is 1. The minimum Gasteiger partial charge on any atom is -0.508 e. The maximum atomic E-state index is 11.7. The molecule has 0 saturated carbocycles. The van der Waals surface area contributed by atoms with Crippen molar-refractivity contribution >= 4 is 43.6 Å². The Kier molecular flexibility index (Phi) is 7.73. The summed E-state index contributed by atoms with van der Waals surface area (Å²) in [5.41, 5.74) is 11.3. The van der Waals surface area contributed by atoms with Gasteiger partial charge in [-0.05, 0) is 70.3 Å². The number of nitrogens with zero attached hydrogens (tertiary/aromatic N) is 1. The van der Waals surface area contributed by atoms with Gasteiger partial charge in [0, 0.05) is 104 Å². The van der Waals surface area contributed by atoms with Crippen LogP contribution in [0.3, 0.4) is 0 Å². The number of benzene rings is 6. The van der Waals surface area contributed by atoms with E-state index in [4.69, 9.17) is 4.74 Å². The molecule has 0 bridgehead atoms. The van der Waals surface area contributed by atoms with E-state index >= 15 is 0 Å². The van der Waals surface area contributed by atoms with Gasteiger partial charge in [-0.1, -0.05) is 84.9 Å². The normalized spacial score (nSPS) is 12.4. The van der Waals surface area contributed by atoms with E-state index in [2.05, 4.69) is 129 Å². The maximum Gasteiger partial charge on any atom is 0.123 e. The Morgan fingerprint density at radius 2 is 1.04 bits per heavy atom. The van der Waals surface area contributed by atoms with E-state index in [0.717, 1.165) is 82.6 Å². The van der Waals surface area contributed by atoms with E-state index in [1.165, 1.54) is 0 Å². The first kappa shape index (κ1) is 32.5. The third-order valence-electron chi connectivity index (χ3n) is 11.2. The van der Waals surface area contributed by atoms with Crippen LogP contribution in [-0.4, -0.2) is 36.8 Å². The smallest absolute Gasteiger partial charge is 0.123 e. The van der Waals surface area contributed by atoms with Gasteiger partial charge >= 0.3 is 0 Å². The summed E-state index contributed by atoms with van der Waals surface area (Å²) in [5.74, 6) is 0.500. The SMILES string of the molecule is COc1ccc(C(c2c[nH]c3ccccc23)c2cn(Cc3ccc(O)c(C(c4c[nH]c5ccccc45)c4c[nH]c5ccccc45)c3)c3ccccc23)c(O)c1. The third kappa shape index (κ3) is 5.43. The van der Waals surface area contributed by atoms with Crippen molar-refractivity contribution in [3.05, 3.63) is 197 Å². The van der Waals surface area contributed by atoms with E-state index < -0.39 is 0 Å². The molecule has 4 heterocycles. The highest BCUT2D eigenvalue weighted by atomic mass is 16.5. The molecule has 268 valence electrons. The molecular weight excluding hydrogens is 681 g/mol. The molecule has 7 heteroatoms. The Bertz CT molecular complexity index is 2940. The van der Waals surface area contributed by atoms with Crippen LogP contribution in [0.15, 0.2) is 158 Å². The Labute approximate surface area is 317 Å². The van der Waals surface area contributed by atoms with Crippen LogP contribution in [0, 0.1) is 0 Å². The summed E-state index contributed by atoms with van der Waals surface area (Å²) >= 11 is 0. The molecule has 0 spiro atoms. The van der Waals surface area contributed by atoms with Crippen molar-refractivity contribution in [2.75, 3.05) is 7.11 Å². The average molecular weight is 719 g/mol. The quantitative estimate of drug-likeness (QED) is 0.103. The molecule has 0 fully saturated rings. The van der Waals surface area contributed by atoms with Crippen molar-refractivity contribution in [1.29, 1.82) is 0 Å². The van der Waals surface area contributed by atoms with Gasteiger partial charge in [-0.2, -0.15) is 0 Å². The number of H-pyrrole nitrogens is 3. The zero-order chi connectivity index (χ0) is 37.0. The van der Waals surface area contributed by atoms with Crippen molar-refractivity contribution in [3.63, 3.8) is 0 Å². The summed E-state index contributed by atoms with van der Waals surface area (Å²) in [6.07, 6.45) is 8.44. The highest BCUT2D eigenvalue weighted by Gasteiger charge is 2.28. The lowest BCUT2D eigenvalue weighted by molar-refractivity contribution is 0.406. The van der Waals surface area contributed by atoms with Crippen molar-refractivity contribution in [2.24, 2.45) is 0 Å². The Balaban J connectivity index is 1.13. The minimum atomic E-state index is -0.281. The second kappa shape index (κ2) is 13.1. The number of aromatic hydroxyl groups is 2. The van der Waals surface area contributed by atoms with Crippen molar-refractivity contribution < 1.29 is 14.9 Å². The zero-order valence-electron chi connectivity index (χ0n) is 30.1. The molecule has 0 aliphatic carbocycles. The number of ether oxygens (including phenoxy) is 1. The fraction of sp³-hybridized carbons (Fsp3) is 0.0833. The van der Waals surface area contributed by atoms with Crippen LogP contribution in [-0.2, 0) is 6.54 Å². The van der Waals surface area contributed by atoms with E-state index in [0.29, 0.717) is 12.3 Å². The molecule has 55 heavy (non-hydrogen) atoms. The van der Waals surface area contributed by atoms with Crippen LogP contribution >= 0.6 is 0 Å². The molecule has 0 radical (unpaired) electrons. The first-order valence-corrected chi connectivity index (χ1v) is 18.5. The van der Waals surface area contributed by atoms with Gasteiger partial charge < -0.3 is 34.5 Å². The van der Waals surface area contributed by atoms with Crippen molar-refractivity contribution in [1.82, 2.24) is 19.5 Å². The number of rotatable bonds is 9. The van der Waals surface area contributed by atoms with Crippen LogP contribution in [0.2, 0.25) is 0 Å². The number of phenolic OH excluding ortho intramolecular Hbond substituents is 2. The van der Waals surface area contributed by atoms with Crippen LogP contribution in [0.5, 0.6) is 17.2 Å². The summed E-state index contributed by atoms with van der Waals surface area (Å²) in [6, 6.07) is 45.0. The van der Waals surface area contributed by atoms with E-state index in [1.54, 1.807) is 13.2 Å². The molecule has 1 atom stereocenters. The summed E-state index contributed by atoms with van der Waals surface area (Å²) in [6.45, 7) is 0.567. The van der Waals surface area contributed by atoms with E-state index in [-0.39, 0.29) is 23.3 Å². The largest absolute Gasteiger partial charge is 0.508 e. The summed E-state index contributed by atoms with van der Waals surface area (Å²) in [5, 5.41) is 27.6. The van der Waals surface area contributed by atoms with Crippen molar-refractivity contribution in [2.45, 2.75) is 18.4 Å². The van der Waals surface area contributed by atoms with Gasteiger partial charge in [0.1, 0.15) is 17.2 Å².